The van der Waals surface area contributed by atoms with E-state index in [1.165, 1.54) is 0 Å². The number of allylic oxidation sites excluding steroid dienone is 3. The van der Waals surface area contributed by atoms with Crippen molar-refractivity contribution in [3.05, 3.63) is 36.3 Å². The number of hydrogen-bond acceptors (Lipinski definition) is 4. The van der Waals surface area contributed by atoms with Crippen LogP contribution in [-0.2, 0) is 9.47 Å². The topological polar surface area (TPSA) is 51.1 Å². The van der Waals surface area contributed by atoms with Crippen LogP contribution < -0.4 is 0 Å². The fourth-order valence-electron chi connectivity index (χ4n) is 2.19. The molecule has 4 nitrogen and oxygen atoms in total. The van der Waals surface area contributed by atoms with Crippen LogP contribution in [0.2, 0.25) is 0 Å². The second-order valence-electron chi connectivity index (χ2n) is 6.59. The van der Waals surface area contributed by atoms with Gasteiger partial charge in [0.15, 0.2) is 5.76 Å². The van der Waals surface area contributed by atoms with E-state index < -0.39 is 0 Å². The van der Waals surface area contributed by atoms with Gasteiger partial charge in [0.25, 0.3) is 0 Å². The maximum absolute atomic E-state index is 10.1. The molecule has 0 aromatic carbocycles. The lowest BCUT2D eigenvalue weighted by Crippen LogP contribution is -2.26. The third kappa shape index (κ3) is 8.34. The van der Waals surface area contributed by atoms with Gasteiger partial charge in [-0.25, -0.2) is 0 Å². The van der Waals surface area contributed by atoms with E-state index in [4.69, 9.17) is 9.47 Å². The first-order chi connectivity index (χ1) is 11.3. The molecule has 0 fully saturated rings. The summed E-state index contributed by atoms with van der Waals surface area (Å²) in [5.41, 5.74) is 0.115. The number of aliphatic hydroxyl groups is 1. The molecule has 0 spiro atoms. The molecule has 24 heavy (non-hydrogen) atoms. The predicted octanol–water partition coefficient (Wildman–Crippen LogP) is 5.23. The molecule has 138 valence electrons. The van der Waals surface area contributed by atoms with E-state index in [9.17, 15) is 5.11 Å². The summed E-state index contributed by atoms with van der Waals surface area (Å²) in [6, 6.07) is 0.180. The summed E-state index contributed by atoms with van der Waals surface area (Å²) in [6.07, 6.45) is 9.41. The molecule has 0 bridgehead atoms. The lowest BCUT2D eigenvalue weighted by molar-refractivity contribution is 0.0407. The van der Waals surface area contributed by atoms with Crippen LogP contribution in [0.4, 0.5) is 0 Å². The molecule has 0 amide bonds. The molecule has 2 atom stereocenters. The summed E-state index contributed by atoms with van der Waals surface area (Å²) in [4.78, 5) is 4.63. The highest BCUT2D eigenvalue weighted by Crippen LogP contribution is 2.29. The maximum atomic E-state index is 10.1. The van der Waals surface area contributed by atoms with Gasteiger partial charge >= 0.3 is 0 Å². The zero-order chi connectivity index (χ0) is 18.6. The summed E-state index contributed by atoms with van der Waals surface area (Å²) in [6.45, 7) is 14.7. The van der Waals surface area contributed by atoms with E-state index in [0.29, 0.717) is 18.8 Å². The van der Waals surface area contributed by atoms with Crippen molar-refractivity contribution in [1.82, 2.24) is 0 Å². The Kier molecular flexibility index (Phi) is 11.1. The smallest absolute Gasteiger partial charge is 0.153 e. The summed E-state index contributed by atoms with van der Waals surface area (Å²) < 4.78 is 10.7. The van der Waals surface area contributed by atoms with Crippen LogP contribution in [0.1, 0.15) is 53.9 Å². The van der Waals surface area contributed by atoms with Crippen LogP contribution >= 0.6 is 0 Å². The Balaban J connectivity index is 4.95. The van der Waals surface area contributed by atoms with Crippen LogP contribution in [0, 0.1) is 5.41 Å². The van der Waals surface area contributed by atoms with Crippen LogP contribution in [0.25, 0.3) is 0 Å². The minimum Gasteiger partial charge on any atom is -0.504 e. The van der Waals surface area contributed by atoms with Crippen LogP contribution in [0.5, 0.6) is 0 Å². The van der Waals surface area contributed by atoms with Gasteiger partial charge in [-0.2, -0.15) is 0 Å². The fourth-order valence-corrected chi connectivity index (χ4v) is 2.19. The Labute approximate surface area is 148 Å². The summed E-state index contributed by atoms with van der Waals surface area (Å²) in [5.74, 6) is 0.683. The Morgan fingerprint density at radius 3 is 2.50 bits per heavy atom. The van der Waals surface area contributed by atoms with Gasteiger partial charge in [-0.05, 0) is 37.3 Å². The normalized spacial score (nSPS) is 16.2. The number of rotatable bonds is 12. The average Bonchev–Trinajstić information content (AvgIpc) is 2.55. The average molecular weight is 338 g/mol. The number of hydrogen-bond donors (Lipinski definition) is 1. The number of nitrogens with zero attached hydrogens (tertiary/aromatic N) is 1. The van der Waals surface area contributed by atoms with Crippen LogP contribution in [0.15, 0.2) is 41.3 Å². The largest absolute Gasteiger partial charge is 0.504 e. The summed E-state index contributed by atoms with van der Waals surface area (Å²) >= 11 is 0. The maximum Gasteiger partial charge on any atom is 0.153 e. The molecule has 0 aromatic heterocycles. The second kappa shape index (κ2) is 11.9. The number of aliphatic imine (C=N–C) groups is 1. The molecule has 0 aliphatic rings. The van der Waals surface area contributed by atoms with E-state index in [1.54, 1.807) is 25.5 Å². The molecule has 0 aliphatic carbocycles. The SMILES string of the molecule is C=CCC(\N=C/C=C/C(O)=C(\CC)OC(C)COC)C(C)(C)CC. The summed E-state index contributed by atoms with van der Waals surface area (Å²) in [7, 11) is 1.63. The first-order valence-electron chi connectivity index (χ1n) is 8.70. The van der Waals surface area contributed by atoms with E-state index in [-0.39, 0.29) is 23.3 Å². The van der Waals surface area contributed by atoms with E-state index in [0.717, 1.165) is 12.8 Å². The molecule has 0 radical (unpaired) electrons. The van der Waals surface area contributed by atoms with Gasteiger partial charge < -0.3 is 14.6 Å². The molecule has 4 heteroatoms. The first kappa shape index (κ1) is 22.4. The van der Waals surface area contributed by atoms with Crippen molar-refractivity contribution in [2.75, 3.05) is 13.7 Å². The lowest BCUT2D eigenvalue weighted by Gasteiger charge is -2.29. The summed E-state index contributed by atoms with van der Waals surface area (Å²) in [5, 5.41) is 10.1. The zero-order valence-corrected chi connectivity index (χ0v) is 16.2. The fraction of sp³-hybridized carbons (Fsp3) is 0.650. The van der Waals surface area contributed by atoms with Crippen molar-refractivity contribution in [1.29, 1.82) is 0 Å². The van der Waals surface area contributed by atoms with Gasteiger partial charge in [-0.1, -0.05) is 33.8 Å². The first-order valence-corrected chi connectivity index (χ1v) is 8.70. The highest BCUT2D eigenvalue weighted by Gasteiger charge is 2.25. The zero-order valence-electron chi connectivity index (χ0n) is 16.2. The molecule has 2 unspecified atom stereocenters. The van der Waals surface area contributed by atoms with Crippen molar-refractivity contribution >= 4 is 6.21 Å². The van der Waals surface area contributed by atoms with Gasteiger partial charge in [0.05, 0.1) is 12.6 Å². The quantitative estimate of drug-likeness (QED) is 0.230. The molecule has 0 aromatic rings. The second-order valence-corrected chi connectivity index (χ2v) is 6.59. The molecular weight excluding hydrogens is 302 g/mol. The van der Waals surface area contributed by atoms with Crippen molar-refractivity contribution in [2.45, 2.75) is 66.0 Å². The monoisotopic (exact) mass is 337 g/mol. The van der Waals surface area contributed by atoms with Crippen molar-refractivity contribution < 1.29 is 14.6 Å². The van der Waals surface area contributed by atoms with Crippen molar-refractivity contribution in [3.63, 3.8) is 0 Å². The Morgan fingerprint density at radius 2 is 2.00 bits per heavy atom. The van der Waals surface area contributed by atoms with Gasteiger partial charge in [0, 0.05) is 19.7 Å². The van der Waals surface area contributed by atoms with Crippen LogP contribution in [-0.4, -0.2) is 37.2 Å². The van der Waals surface area contributed by atoms with E-state index >= 15 is 0 Å². The molecule has 0 saturated heterocycles. The third-order valence-corrected chi connectivity index (χ3v) is 4.16. The van der Waals surface area contributed by atoms with Crippen molar-refractivity contribution in [2.24, 2.45) is 10.4 Å². The van der Waals surface area contributed by atoms with Gasteiger partial charge in [-0.3, -0.25) is 4.99 Å². The van der Waals surface area contributed by atoms with Crippen LogP contribution in [0.3, 0.4) is 0 Å². The molecule has 0 heterocycles. The molecule has 0 aliphatic heterocycles. The predicted molar refractivity (Wildman–Crippen MR) is 103 cm³/mol. The highest BCUT2D eigenvalue weighted by molar-refractivity contribution is 5.72. The number of ether oxygens (including phenoxy) is 2. The van der Waals surface area contributed by atoms with E-state index in [2.05, 4.69) is 32.3 Å². The Morgan fingerprint density at radius 1 is 1.33 bits per heavy atom. The minimum atomic E-state index is -0.100. The number of methoxy groups -OCH3 is 1. The van der Waals surface area contributed by atoms with Gasteiger partial charge in [0.1, 0.15) is 11.9 Å². The Bertz CT molecular complexity index is 450. The minimum absolute atomic E-state index is 0.100. The van der Waals surface area contributed by atoms with Crippen molar-refractivity contribution in [3.8, 4) is 0 Å². The lowest BCUT2D eigenvalue weighted by atomic mass is 9.80. The highest BCUT2D eigenvalue weighted by atomic mass is 16.5. The molecule has 0 rings (SSSR count). The molecular formula is C20H35NO3. The van der Waals surface area contributed by atoms with E-state index in [1.807, 2.05) is 19.9 Å². The number of aliphatic hydroxyl groups excluding tert-OH is 1. The third-order valence-electron chi connectivity index (χ3n) is 4.16. The van der Waals surface area contributed by atoms with Gasteiger partial charge in [0.2, 0.25) is 0 Å². The molecule has 1 N–H and O–H groups in total. The molecule has 0 saturated carbocycles. The van der Waals surface area contributed by atoms with Gasteiger partial charge in [-0.15, -0.1) is 6.58 Å². The Hall–Kier alpha value is -1.55. The standard InChI is InChI=1S/C20H35NO3/c1-8-12-19(20(5,6)10-3)21-14-11-13-17(22)18(9-2)24-16(4)15-23-7/h8,11,13-14,16,19,22H,1,9-10,12,15H2,2-7H3/b13-11+,18-17-,21-14-.